The monoisotopic (exact) mass is 301 g/mol. The van der Waals surface area contributed by atoms with Crippen LogP contribution in [0, 0.1) is 5.92 Å². The molecule has 0 spiro atoms. The van der Waals surface area contributed by atoms with E-state index in [2.05, 4.69) is 6.92 Å². The van der Waals surface area contributed by atoms with E-state index in [0.29, 0.717) is 0 Å². The van der Waals surface area contributed by atoms with Crippen LogP contribution in [0.25, 0.3) is 0 Å². The number of unbranched alkanes of at least 4 members (excludes halogenated alkanes) is 7. The van der Waals surface area contributed by atoms with Gasteiger partial charge in [-0.3, -0.25) is 0 Å². The van der Waals surface area contributed by atoms with Crippen LogP contribution in [0.15, 0.2) is 0 Å². The van der Waals surface area contributed by atoms with Crippen molar-refractivity contribution in [1.82, 2.24) is 0 Å². The Morgan fingerprint density at radius 3 is 1.84 bits per heavy atom. The second kappa shape index (κ2) is 12.6. The summed E-state index contributed by atoms with van der Waals surface area (Å²) < 4.78 is 32.2. The van der Waals surface area contributed by atoms with Gasteiger partial charge in [0.2, 0.25) is 0 Å². The molecule has 0 fully saturated rings. The molecule has 0 aromatic carbocycles. The number of hydrogen-bond donors (Lipinski definition) is 1. The summed E-state index contributed by atoms with van der Waals surface area (Å²) in [7, 11) is -4.33. The van der Waals surface area contributed by atoms with E-state index in [1.165, 1.54) is 38.5 Å². The summed E-state index contributed by atoms with van der Waals surface area (Å²) in [5, 5.41) is -1.25. The fourth-order valence-corrected chi connectivity index (χ4v) is 2.75. The van der Waals surface area contributed by atoms with E-state index in [1.807, 2.05) is 0 Å². The molecule has 0 radical (unpaired) electrons. The molecule has 4 nitrogen and oxygen atoms in total. The van der Waals surface area contributed by atoms with Crippen LogP contribution in [-0.4, -0.2) is 18.3 Å². The largest absolute Gasteiger partial charge is 1.00 e. The van der Waals surface area contributed by atoms with Gasteiger partial charge in [0.05, 0.1) is 5.37 Å². The Morgan fingerprint density at radius 1 is 1.00 bits per heavy atom. The van der Waals surface area contributed by atoms with Crippen molar-refractivity contribution in [2.45, 2.75) is 77.0 Å². The van der Waals surface area contributed by atoms with Crippen molar-refractivity contribution in [3.8, 4) is 0 Å². The zero-order valence-electron chi connectivity index (χ0n) is 12.7. The molecule has 0 aromatic rings. The molecule has 2 atom stereocenters. The summed E-state index contributed by atoms with van der Waals surface area (Å²) in [5.41, 5.74) is 5.39. The van der Waals surface area contributed by atoms with Crippen molar-refractivity contribution >= 4 is 10.1 Å². The second-order valence-corrected chi connectivity index (χ2v) is 6.73. The molecular formula is C13H28NNaO3S. The molecule has 2 unspecified atom stereocenters. The molecule has 0 heterocycles. The van der Waals surface area contributed by atoms with Gasteiger partial charge in [0.25, 0.3) is 0 Å². The maximum Gasteiger partial charge on any atom is 1.00 e. The van der Waals surface area contributed by atoms with Crippen molar-refractivity contribution in [2.75, 3.05) is 0 Å². The molecule has 0 amide bonds. The van der Waals surface area contributed by atoms with Crippen LogP contribution in [-0.2, 0) is 10.1 Å². The van der Waals surface area contributed by atoms with Gasteiger partial charge in [0.15, 0.2) is 0 Å². The fraction of sp³-hybridized carbons (Fsp3) is 1.00. The molecule has 2 N–H and O–H groups in total. The Morgan fingerprint density at radius 2 is 1.42 bits per heavy atom. The topological polar surface area (TPSA) is 83.2 Å². The molecule has 0 aliphatic carbocycles. The SMILES string of the molecule is CCCCCCCCCCC(C)C(N)S(=O)(=O)[O-].[Na+]. The maximum absolute atomic E-state index is 10.7. The van der Waals surface area contributed by atoms with Crippen LogP contribution >= 0.6 is 0 Å². The Balaban J connectivity index is 0. The summed E-state index contributed by atoms with van der Waals surface area (Å²) >= 11 is 0. The average Bonchev–Trinajstić information content (AvgIpc) is 2.30. The normalized spacial score (nSPS) is 14.7. The van der Waals surface area contributed by atoms with Crippen molar-refractivity contribution < 1.29 is 42.5 Å². The maximum atomic E-state index is 10.7. The van der Waals surface area contributed by atoms with Gasteiger partial charge in [0, 0.05) is 0 Å². The van der Waals surface area contributed by atoms with Gasteiger partial charge in [-0.25, -0.2) is 8.42 Å². The molecule has 6 heteroatoms. The van der Waals surface area contributed by atoms with E-state index in [9.17, 15) is 13.0 Å². The molecular weight excluding hydrogens is 273 g/mol. The Kier molecular flexibility index (Phi) is 14.7. The van der Waals surface area contributed by atoms with Gasteiger partial charge < -0.3 is 10.3 Å². The van der Waals surface area contributed by atoms with E-state index in [1.54, 1.807) is 6.92 Å². The third-order valence-electron chi connectivity index (χ3n) is 3.41. The standard InChI is InChI=1S/C13H29NO3S.Na/c1-3-4-5-6-7-8-9-10-11-12(2)13(14)18(15,16)17;/h12-13H,3-11,14H2,1-2H3,(H,15,16,17);/q;+1/p-1. The fourth-order valence-electron chi connectivity index (χ4n) is 2.05. The van der Waals surface area contributed by atoms with Crippen molar-refractivity contribution in [2.24, 2.45) is 11.7 Å². The molecule has 0 aromatic heterocycles. The van der Waals surface area contributed by atoms with E-state index in [-0.39, 0.29) is 35.5 Å². The summed E-state index contributed by atoms with van der Waals surface area (Å²) in [5.74, 6) is -0.243. The first kappa shape index (κ1) is 22.2. The number of rotatable bonds is 11. The van der Waals surface area contributed by atoms with Gasteiger partial charge in [0.1, 0.15) is 10.1 Å². The minimum absolute atomic E-state index is 0. The predicted molar refractivity (Wildman–Crippen MR) is 74.1 cm³/mol. The number of hydrogen-bond acceptors (Lipinski definition) is 4. The van der Waals surface area contributed by atoms with Crippen molar-refractivity contribution in [3.05, 3.63) is 0 Å². The molecule has 0 aliphatic heterocycles. The minimum Gasteiger partial charge on any atom is -0.747 e. The molecule has 0 bridgehead atoms. The average molecular weight is 301 g/mol. The number of nitrogens with two attached hydrogens (primary N) is 1. The van der Waals surface area contributed by atoms with Crippen LogP contribution in [0.2, 0.25) is 0 Å². The summed E-state index contributed by atoms with van der Waals surface area (Å²) in [4.78, 5) is 0. The van der Waals surface area contributed by atoms with Gasteiger partial charge in [-0.15, -0.1) is 0 Å². The van der Waals surface area contributed by atoms with Gasteiger partial charge in [-0.1, -0.05) is 65.2 Å². The van der Waals surface area contributed by atoms with Gasteiger partial charge in [-0.2, -0.15) is 0 Å². The first-order chi connectivity index (χ1) is 8.39. The third-order valence-corrected chi connectivity index (χ3v) is 4.54. The third kappa shape index (κ3) is 12.3. The van der Waals surface area contributed by atoms with Crippen LogP contribution in [0.4, 0.5) is 0 Å². The predicted octanol–water partition coefficient (Wildman–Crippen LogP) is -0.0127. The Hall–Kier alpha value is 0.870. The smallest absolute Gasteiger partial charge is 0.747 e. The molecule has 0 saturated heterocycles. The molecule has 0 saturated carbocycles. The van der Waals surface area contributed by atoms with E-state index in [0.717, 1.165) is 19.3 Å². The first-order valence-electron chi connectivity index (χ1n) is 7.10. The molecule has 0 rings (SSSR count). The van der Waals surface area contributed by atoms with Crippen molar-refractivity contribution in [3.63, 3.8) is 0 Å². The van der Waals surface area contributed by atoms with E-state index >= 15 is 0 Å². The second-order valence-electron chi connectivity index (χ2n) is 5.20. The summed E-state index contributed by atoms with van der Waals surface area (Å²) in [6.07, 6.45) is 10.4. The van der Waals surface area contributed by atoms with Crippen LogP contribution < -0.4 is 35.3 Å². The summed E-state index contributed by atoms with van der Waals surface area (Å²) in [6.45, 7) is 3.94. The quantitative estimate of drug-likeness (QED) is 0.330. The van der Waals surface area contributed by atoms with Gasteiger partial charge in [-0.05, 0) is 12.3 Å². The Bertz CT molecular complexity index is 296. The van der Waals surface area contributed by atoms with Crippen molar-refractivity contribution in [1.29, 1.82) is 0 Å². The van der Waals surface area contributed by atoms with E-state index < -0.39 is 15.5 Å². The van der Waals surface area contributed by atoms with Crippen LogP contribution in [0.5, 0.6) is 0 Å². The Labute approximate surface area is 141 Å². The molecule has 19 heavy (non-hydrogen) atoms. The zero-order valence-corrected chi connectivity index (χ0v) is 15.5. The first-order valence-corrected chi connectivity index (χ1v) is 8.57. The minimum atomic E-state index is -4.33. The van der Waals surface area contributed by atoms with Crippen LogP contribution in [0.1, 0.15) is 71.6 Å². The molecule has 0 aliphatic rings. The van der Waals surface area contributed by atoms with Gasteiger partial charge >= 0.3 is 29.6 Å². The summed E-state index contributed by atoms with van der Waals surface area (Å²) in [6, 6.07) is 0. The van der Waals surface area contributed by atoms with Crippen LogP contribution in [0.3, 0.4) is 0 Å². The zero-order chi connectivity index (χ0) is 14.0. The molecule has 110 valence electrons. The van der Waals surface area contributed by atoms with E-state index in [4.69, 9.17) is 5.73 Å².